The predicted octanol–water partition coefficient (Wildman–Crippen LogP) is 2.16. The number of aromatic nitrogens is 3. The first-order valence-electron chi connectivity index (χ1n) is 10.4. The number of carbonyl (C=O) groups excluding carboxylic acids is 1. The van der Waals surface area contributed by atoms with E-state index < -0.39 is 23.0 Å². The Bertz CT molecular complexity index is 1440. The molecule has 0 unspecified atom stereocenters. The Balaban J connectivity index is 1.93. The lowest BCUT2D eigenvalue weighted by Gasteiger charge is -2.15. The van der Waals surface area contributed by atoms with Crippen molar-refractivity contribution in [3.8, 4) is 17.1 Å². The first kappa shape index (κ1) is 22.5. The first-order valence-corrected chi connectivity index (χ1v) is 10.4. The third kappa shape index (κ3) is 4.18. The molecule has 0 fully saturated rings. The summed E-state index contributed by atoms with van der Waals surface area (Å²) in [4.78, 5) is 52.7. The molecule has 1 aromatic heterocycles. The Morgan fingerprint density at radius 1 is 0.676 bits per heavy atom. The van der Waals surface area contributed by atoms with Gasteiger partial charge in [0.1, 0.15) is 5.75 Å². The minimum absolute atomic E-state index is 0.196. The van der Waals surface area contributed by atoms with E-state index >= 15 is 0 Å². The van der Waals surface area contributed by atoms with Crippen molar-refractivity contribution in [2.75, 3.05) is 12.5 Å². The summed E-state index contributed by atoms with van der Waals surface area (Å²) in [6.45, 7) is 3.74. The summed E-state index contributed by atoms with van der Waals surface area (Å²) in [6.07, 6.45) is 0. The smallest absolute Gasteiger partial charge is 0.360 e. The number of methoxy groups -OCH3 is 1. The summed E-state index contributed by atoms with van der Waals surface area (Å²) >= 11 is 0. The highest BCUT2D eigenvalue weighted by molar-refractivity contribution is 5.99. The molecule has 0 atom stereocenters. The van der Waals surface area contributed by atoms with Crippen LogP contribution in [0.1, 0.15) is 21.5 Å². The van der Waals surface area contributed by atoms with Gasteiger partial charge in [0.2, 0.25) is 0 Å². The van der Waals surface area contributed by atoms with E-state index in [0.717, 1.165) is 20.3 Å². The lowest BCUT2D eigenvalue weighted by molar-refractivity contribution is 0.100. The van der Waals surface area contributed by atoms with Crippen molar-refractivity contribution in [1.29, 1.82) is 0 Å². The summed E-state index contributed by atoms with van der Waals surface area (Å²) in [6, 6.07) is 19.5. The molecule has 3 aromatic carbocycles. The number of benzene rings is 3. The zero-order valence-corrected chi connectivity index (χ0v) is 18.8. The van der Waals surface area contributed by atoms with E-state index in [4.69, 9.17) is 4.74 Å². The van der Waals surface area contributed by atoms with Gasteiger partial charge in [-0.2, -0.15) is 0 Å². The third-order valence-electron chi connectivity index (χ3n) is 5.30. The molecule has 4 aromatic rings. The second kappa shape index (κ2) is 9.07. The number of amides is 1. The fourth-order valence-electron chi connectivity index (χ4n) is 3.38. The van der Waals surface area contributed by atoms with E-state index in [2.05, 4.69) is 5.43 Å². The van der Waals surface area contributed by atoms with Crippen molar-refractivity contribution in [2.45, 2.75) is 13.8 Å². The normalized spacial score (nSPS) is 10.7. The van der Waals surface area contributed by atoms with Crippen molar-refractivity contribution in [1.82, 2.24) is 13.8 Å². The maximum absolute atomic E-state index is 13.3. The molecule has 1 heterocycles. The van der Waals surface area contributed by atoms with Gasteiger partial charge < -0.3 is 4.74 Å². The van der Waals surface area contributed by atoms with Crippen LogP contribution in [0.2, 0.25) is 0 Å². The number of hydrogen-bond acceptors (Lipinski definition) is 5. The van der Waals surface area contributed by atoms with Crippen molar-refractivity contribution < 1.29 is 9.53 Å². The molecule has 34 heavy (non-hydrogen) atoms. The molecular weight excluding hydrogens is 436 g/mol. The van der Waals surface area contributed by atoms with Crippen molar-refractivity contribution >= 4 is 5.91 Å². The van der Waals surface area contributed by atoms with Crippen LogP contribution in [-0.4, -0.2) is 26.8 Å². The predicted molar refractivity (Wildman–Crippen MR) is 128 cm³/mol. The van der Waals surface area contributed by atoms with Gasteiger partial charge in [-0.05, 0) is 62.4 Å². The van der Waals surface area contributed by atoms with Gasteiger partial charge in [0.25, 0.3) is 5.91 Å². The molecule has 1 amide bonds. The second-order valence-electron chi connectivity index (χ2n) is 7.69. The average Bonchev–Trinajstić information content (AvgIpc) is 2.84. The fourth-order valence-corrected chi connectivity index (χ4v) is 3.38. The van der Waals surface area contributed by atoms with Crippen LogP contribution in [0, 0.1) is 13.8 Å². The summed E-state index contributed by atoms with van der Waals surface area (Å²) in [5.41, 5.74) is 2.06. The summed E-state index contributed by atoms with van der Waals surface area (Å²) in [5.74, 6) is -0.158. The van der Waals surface area contributed by atoms with Crippen LogP contribution >= 0.6 is 0 Å². The summed E-state index contributed by atoms with van der Waals surface area (Å²) in [5, 5.41) is 0. The van der Waals surface area contributed by atoms with Crippen LogP contribution in [0.15, 0.2) is 87.2 Å². The van der Waals surface area contributed by atoms with E-state index in [-0.39, 0.29) is 16.9 Å². The molecule has 0 aliphatic carbocycles. The molecule has 1 N–H and O–H groups in total. The van der Waals surface area contributed by atoms with Gasteiger partial charge in [-0.3, -0.25) is 10.2 Å². The SMILES string of the molecule is COc1ccc(C(=O)Nn2c(=O)n(-c3ccc(C)cc3)c(=O)n(-c3ccc(C)cc3)c2=O)cc1. The lowest BCUT2D eigenvalue weighted by atomic mass is 10.2. The number of nitrogens with one attached hydrogen (secondary N) is 1. The molecule has 0 aliphatic heterocycles. The number of rotatable bonds is 5. The van der Waals surface area contributed by atoms with Crippen molar-refractivity contribution in [3.05, 3.63) is 121 Å². The number of hydrogen-bond donors (Lipinski definition) is 1. The van der Waals surface area contributed by atoms with E-state index in [1.54, 1.807) is 60.7 Å². The third-order valence-corrected chi connectivity index (χ3v) is 5.30. The Labute approximate surface area is 194 Å². The Hall–Kier alpha value is -4.66. The van der Waals surface area contributed by atoms with Crippen molar-refractivity contribution in [3.63, 3.8) is 0 Å². The number of aryl methyl sites for hydroxylation is 2. The van der Waals surface area contributed by atoms with Crippen molar-refractivity contribution in [2.24, 2.45) is 0 Å². The standard InChI is InChI=1S/C25H22N4O5/c1-16-4-10-19(11-5-16)27-23(31)28(20-12-6-17(2)7-13-20)25(33)29(24(27)32)26-22(30)18-8-14-21(34-3)15-9-18/h4-15H,1-3H3,(H,26,30). The molecule has 4 rings (SSSR count). The van der Waals surface area contributed by atoms with E-state index in [0.29, 0.717) is 10.4 Å². The average molecular weight is 458 g/mol. The Kier molecular flexibility index (Phi) is 6.01. The van der Waals surface area contributed by atoms with E-state index in [1.807, 2.05) is 13.8 Å². The monoisotopic (exact) mass is 458 g/mol. The lowest BCUT2D eigenvalue weighted by Crippen LogP contribution is -2.56. The van der Waals surface area contributed by atoms with Gasteiger partial charge in [-0.1, -0.05) is 35.4 Å². The molecule has 9 heteroatoms. The minimum Gasteiger partial charge on any atom is -0.497 e. The van der Waals surface area contributed by atoms with Gasteiger partial charge in [-0.25, -0.2) is 23.5 Å². The largest absolute Gasteiger partial charge is 0.497 e. The molecule has 0 bridgehead atoms. The van der Waals surface area contributed by atoms with Crippen LogP contribution in [-0.2, 0) is 0 Å². The molecule has 9 nitrogen and oxygen atoms in total. The molecular formula is C25H22N4O5. The molecule has 0 saturated carbocycles. The number of ether oxygens (including phenoxy) is 1. The minimum atomic E-state index is -0.996. The summed E-state index contributed by atoms with van der Waals surface area (Å²) in [7, 11) is 1.50. The maximum atomic E-state index is 13.3. The van der Waals surface area contributed by atoms with Gasteiger partial charge in [0, 0.05) is 5.56 Å². The quantitative estimate of drug-likeness (QED) is 0.494. The van der Waals surface area contributed by atoms with Crippen LogP contribution in [0.5, 0.6) is 5.75 Å². The molecule has 0 radical (unpaired) electrons. The molecule has 0 aliphatic rings. The topological polar surface area (TPSA) is 104 Å². The van der Waals surface area contributed by atoms with E-state index in [1.165, 1.54) is 19.2 Å². The zero-order valence-electron chi connectivity index (χ0n) is 18.8. The Morgan fingerprint density at radius 3 is 1.53 bits per heavy atom. The fraction of sp³-hybridized carbons (Fsp3) is 0.120. The van der Waals surface area contributed by atoms with Crippen LogP contribution in [0.4, 0.5) is 0 Å². The zero-order chi connectivity index (χ0) is 24.4. The highest BCUT2D eigenvalue weighted by Gasteiger charge is 2.20. The maximum Gasteiger partial charge on any atom is 0.360 e. The highest BCUT2D eigenvalue weighted by atomic mass is 16.5. The Morgan fingerprint density at radius 2 is 1.12 bits per heavy atom. The van der Waals surface area contributed by atoms with Gasteiger partial charge >= 0.3 is 17.1 Å². The number of carbonyl (C=O) groups is 1. The number of nitrogens with zero attached hydrogens (tertiary/aromatic N) is 3. The van der Waals surface area contributed by atoms with E-state index in [9.17, 15) is 19.2 Å². The molecule has 172 valence electrons. The second-order valence-corrected chi connectivity index (χ2v) is 7.69. The van der Waals surface area contributed by atoms with Gasteiger partial charge in [0.05, 0.1) is 18.5 Å². The van der Waals surface area contributed by atoms with Gasteiger partial charge in [-0.15, -0.1) is 4.68 Å². The molecule has 0 saturated heterocycles. The first-order chi connectivity index (χ1) is 16.3. The summed E-state index contributed by atoms with van der Waals surface area (Å²) < 4.78 is 7.31. The molecule has 0 spiro atoms. The van der Waals surface area contributed by atoms with Crippen LogP contribution in [0.25, 0.3) is 11.4 Å². The van der Waals surface area contributed by atoms with Gasteiger partial charge in [0.15, 0.2) is 0 Å². The van der Waals surface area contributed by atoms with Crippen LogP contribution < -0.4 is 27.2 Å². The highest BCUT2D eigenvalue weighted by Crippen LogP contribution is 2.11. The van der Waals surface area contributed by atoms with Crippen LogP contribution in [0.3, 0.4) is 0 Å².